The Morgan fingerprint density at radius 2 is 1.67 bits per heavy atom. The molecule has 4 N–H and O–H groups in total. The monoisotopic (exact) mass is 730 g/mol. The average molecular weight is 732 g/mol. The summed E-state index contributed by atoms with van der Waals surface area (Å²) in [5.74, 6) is 0.453. The number of pyridine rings is 1. The molecule has 2 aromatic carbocycles. The van der Waals surface area contributed by atoms with Crippen molar-refractivity contribution in [2.24, 2.45) is 0 Å². The van der Waals surface area contributed by atoms with Crippen molar-refractivity contribution in [2.45, 2.75) is 44.5 Å². The van der Waals surface area contributed by atoms with Crippen LogP contribution in [-0.2, 0) is 22.7 Å². The molecule has 1 unspecified atom stereocenters. The predicted octanol–water partition coefficient (Wildman–Crippen LogP) is 4.74. The summed E-state index contributed by atoms with van der Waals surface area (Å²) in [6, 6.07) is 19.3. The van der Waals surface area contributed by atoms with Crippen LogP contribution in [0, 0.1) is 0 Å². The highest BCUT2D eigenvalue weighted by molar-refractivity contribution is 6.39. The Balaban J connectivity index is 1.18. The van der Waals surface area contributed by atoms with Gasteiger partial charge in [-0.3, -0.25) is 9.59 Å². The first-order chi connectivity index (χ1) is 24.6. The molecule has 5 aromatic rings. The van der Waals surface area contributed by atoms with E-state index in [2.05, 4.69) is 20.9 Å². The highest BCUT2D eigenvalue weighted by Crippen LogP contribution is 2.42. The van der Waals surface area contributed by atoms with Gasteiger partial charge in [0.1, 0.15) is 0 Å². The number of carbonyl (C=O) groups excluding carboxylic acids is 2. The molecule has 0 spiro atoms. The lowest BCUT2D eigenvalue weighted by Gasteiger charge is -2.15. The second kappa shape index (κ2) is 16.2. The molecule has 51 heavy (non-hydrogen) atoms. The van der Waals surface area contributed by atoms with E-state index in [0.717, 1.165) is 39.9 Å². The first-order valence-electron chi connectivity index (χ1n) is 16.7. The summed E-state index contributed by atoms with van der Waals surface area (Å²) in [5, 5.41) is 25.5. The van der Waals surface area contributed by atoms with Crippen LogP contribution in [0.2, 0.25) is 10.0 Å². The fourth-order valence-corrected chi connectivity index (χ4v) is 6.65. The second-order valence-electron chi connectivity index (χ2n) is 12.7. The maximum absolute atomic E-state index is 11.8. The maximum atomic E-state index is 11.8. The summed E-state index contributed by atoms with van der Waals surface area (Å²) in [6.07, 6.45) is 2.47. The molecule has 1 aliphatic heterocycles. The molecule has 3 aromatic heterocycles. The minimum atomic E-state index is -0.794. The molecule has 14 heteroatoms. The molecule has 1 aliphatic rings. The van der Waals surface area contributed by atoms with Crippen molar-refractivity contribution in [1.29, 1.82) is 0 Å². The topological polar surface area (TPSA) is 146 Å². The van der Waals surface area contributed by atoms with Gasteiger partial charge in [0.25, 0.3) is 0 Å². The number of nitrogens with one attached hydrogen (secondary N) is 3. The molecule has 2 amide bonds. The Morgan fingerprint density at radius 3 is 2.33 bits per heavy atom. The lowest BCUT2D eigenvalue weighted by molar-refractivity contribution is -0.130. The molecule has 0 saturated carbocycles. The fraction of sp³-hybridized carbons (Fsp3) is 0.324. The van der Waals surface area contributed by atoms with Gasteiger partial charge >= 0.3 is 0 Å². The number of aromatic nitrogens is 4. The van der Waals surface area contributed by atoms with Crippen LogP contribution in [0.4, 0.5) is 0 Å². The number of fused-ring (bicyclic) bond motifs is 1. The summed E-state index contributed by atoms with van der Waals surface area (Å²) in [4.78, 5) is 34.2. The molecule has 2 atom stereocenters. The van der Waals surface area contributed by atoms with Gasteiger partial charge in [-0.2, -0.15) is 5.10 Å². The van der Waals surface area contributed by atoms with Gasteiger partial charge in [-0.25, -0.2) is 14.5 Å². The van der Waals surface area contributed by atoms with Crippen LogP contribution in [0.25, 0.3) is 39.3 Å². The van der Waals surface area contributed by atoms with Gasteiger partial charge in [-0.15, -0.1) is 0 Å². The summed E-state index contributed by atoms with van der Waals surface area (Å²) in [6.45, 7) is 1.87. The number of aliphatic hydroxyl groups is 1. The number of amides is 2. The van der Waals surface area contributed by atoms with Crippen molar-refractivity contribution >= 4 is 40.7 Å². The standard InChI is InChI=1S/C37H40Cl2N8O4/c1-46(2)34(50)16-25(48)20-41-19-24-21-47-32(42-24)14-13-31(45-47)29-9-5-7-27(36(29)39)26-6-4-8-28(35(26)38)30-12-10-22(37(44-30)51-3)17-40-18-23-11-15-33(49)43-23/h4-10,12-14,21,23,25,40-41,48H,11,15-20H2,1-3H3,(H,43,49)/t23-,25?/m1/s1. The predicted molar refractivity (Wildman–Crippen MR) is 198 cm³/mol. The number of hydrogen-bond acceptors (Lipinski definition) is 9. The third kappa shape index (κ3) is 8.49. The molecular weight excluding hydrogens is 691 g/mol. The number of halogens is 2. The summed E-state index contributed by atoms with van der Waals surface area (Å²) in [5.41, 5.74) is 6.57. The van der Waals surface area contributed by atoms with E-state index in [9.17, 15) is 14.7 Å². The number of nitrogens with zero attached hydrogens (tertiary/aromatic N) is 5. The van der Waals surface area contributed by atoms with E-state index in [1.54, 1.807) is 25.7 Å². The van der Waals surface area contributed by atoms with E-state index in [0.29, 0.717) is 59.0 Å². The van der Waals surface area contributed by atoms with Gasteiger partial charge in [0, 0.05) is 80.6 Å². The minimum absolute atomic E-state index is 0.0485. The van der Waals surface area contributed by atoms with Crippen molar-refractivity contribution in [3.05, 3.63) is 88.2 Å². The highest BCUT2D eigenvalue weighted by atomic mass is 35.5. The van der Waals surface area contributed by atoms with Gasteiger partial charge in [0.2, 0.25) is 17.7 Å². The largest absolute Gasteiger partial charge is 0.481 e. The first-order valence-corrected chi connectivity index (χ1v) is 17.4. The van der Waals surface area contributed by atoms with E-state index in [-0.39, 0.29) is 30.8 Å². The van der Waals surface area contributed by atoms with Crippen molar-refractivity contribution in [2.75, 3.05) is 34.3 Å². The summed E-state index contributed by atoms with van der Waals surface area (Å²) in [7, 11) is 4.92. The molecule has 266 valence electrons. The number of rotatable bonds is 14. The maximum Gasteiger partial charge on any atom is 0.224 e. The lowest BCUT2D eigenvalue weighted by atomic mass is 9.98. The van der Waals surface area contributed by atoms with E-state index in [1.807, 2.05) is 66.9 Å². The van der Waals surface area contributed by atoms with Crippen molar-refractivity contribution in [1.82, 2.24) is 40.4 Å². The van der Waals surface area contributed by atoms with Gasteiger partial charge in [-0.05, 0) is 24.6 Å². The van der Waals surface area contributed by atoms with Crippen molar-refractivity contribution in [3.8, 4) is 39.5 Å². The third-order valence-electron chi connectivity index (χ3n) is 8.73. The van der Waals surface area contributed by atoms with Crippen molar-refractivity contribution in [3.63, 3.8) is 0 Å². The number of methoxy groups -OCH3 is 1. The van der Waals surface area contributed by atoms with E-state index in [1.165, 1.54) is 4.90 Å². The fourth-order valence-electron chi connectivity index (χ4n) is 6.00. The quantitative estimate of drug-likeness (QED) is 0.127. The van der Waals surface area contributed by atoms with E-state index in [4.69, 9.17) is 38.0 Å². The SMILES string of the molecule is COc1nc(-c2cccc(-c3cccc(-c4ccc5nc(CNCC(O)CC(=O)N(C)C)cn5n4)c3Cl)c2Cl)ccc1CNC[C@H]1CCC(=O)N1. The molecule has 0 bridgehead atoms. The smallest absolute Gasteiger partial charge is 0.224 e. The van der Waals surface area contributed by atoms with E-state index >= 15 is 0 Å². The Labute approximate surface area is 306 Å². The zero-order valence-electron chi connectivity index (χ0n) is 28.6. The molecule has 1 saturated heterocycles. The van der Waals surface area contributed by atoms with Gasteiger partial charge in [0.15, 0.2) is 5.65 Å². The molecule has 1 fully saturated rings. The minimum Gasteiger partial charge on any atom is -0.481 e. The van der Waals surface area contributed by atoms with Crippen LogP contribution >= 0.6 is 23.2 Å². The first kappa shape index (κ1) is 36.2. The lowest BCUT2D eigenvalue weighted by Crippen LogP contribution is -2.35. The van der Waals surface area contributed by atoms with Crippen LogP contribution in [0.5, 0.6) is 5.88 Å². The van der Waals surface area contributed by atoms with Crippen LogP contribution in [0.3, 0.4) is 0 Å². The second-order valence-corrected chi connectivity index (χ2v) is 13.4. The molecule has 12 nitrogen and oxygen atoms in total. The zero-order chi connectivity index (χ0) is 36.1. The van der Waals surface area contributed by atoms with Gasteiger partial charge < -0.3 is 30.7 Å². The van der Waals surface area contributed by atoms with E-state index < -0.39 is 6.10 Å². The van der Waals surface area contributed by atoms with Crippen molar-refractivity contribution < 1.29 is 19.4 Å². The number of aliphatic hydroxyl groups excluding tert-OH is 1. The summed E-state index contributed by atoms with van der Waals surface area (Å²) >= 11 is 14.2. The van der Waals surface area contributed by atoms with Crippen LogP contribution < -0.4 is 20.7 Å². The Kier molecular flexibility index (Phi) is 11.5. The molecule has 4 heterocycles. The molecule has 0 radical (unpaired) electrons. The number of imidazole rings is 1. The Hall–Kier alpha value is -4.59. The number of carbonyl (C=O) groups is 2. The Morgan fingerprint density at radius 1 is 0.980 bits per heavy atom. The summed E-state index contributed by atoms with van der Waals surface area (Å²) < 4.78 is 7.34. The molecule has 6 rings (SSSR count). The number of hydrogen-bond donors (Lipinski definition) is 4. The molecule has 0 aliphatic carbocycles. The van der Waals surface area contributed by atoms with Crippen LogP contribution in [0.1, 0.15) is 30.5 Å². The van der Waals surface area contributed by atoms with Crippen LogP contribution in [-0.4, -0.2) is 87.8 Å². The third-order valence-corrected chi connectivity index (χ3v) is 9.54. The zero-order valence-corrected chi connectivity index (χ0v) is 30.1. The van der Waals surface area contributed by atoms with Gasteiger partial charge in [-0.1, -0.05) is 65.7 Å². The number of benzene rings is 2. The normalized spacial score (nSPS) is 14.9. The van der Waals surface area contributed by atoms with Crippen LogP contribution in [0.15, 0.2) is 66.9 Å². The van der Waals surface area contributed by atoms with Gasteiger partial charge in [0.05, 0.1) is 53.0 Å². The molecular formula is C37H40Cl2N8O4. The highest BCUT2D eigenvalue weighted by Gasteiger charge is 2.21. The Bertz CT molecular complexity index is 2050. The average Bonchev–Trinajstić information content (AvgIpc) is 3.73. The number of ether oxygens (including phenoxy) is 1.